The molecule has 0 aromatic heterocycles. The van der Waals surface area contributed by atoms with Crippen molar-refractivity contribution in [2.75, 3.05) is 11.5 Å². The summed E-state index contributed by atoms with van der Waals surface area (Å²) in [5, 5.41) is 0.162. The summed E-state index contributed by atoms with van der Waals surface area (Å²) in [6.07, 6.45) is 0.868. The van der Waals surface area contributed by atoms with E-state index in [0.717, 1.165) is 22.8 Å². The van der Waals surface area contributed by atoms with Crippen LogP contribution in [-0.4, -0.2) is 21.6 Å². The van der Waals surface area contributed by atoms with Crippen LogP contribution in [0.25, 0.3) is 0 Å². The second kappa shape index (κ2) is 5.89. The molecule has 4 heteroatoms. The van der Waals surface area contributed by atoms with Gasteiger partial charge in [0.05, 0.1) is 0 Å². The van der Waals surface area contributed by atoms with Crippen molar-refractivity contribution in [1.29, 1.82) is 0 Å². The van der Waals surface area contributed by atoms with Crippen LogP contribution >= 0.6 is 50.1 Å². The second-order valence-corrected chi connectivity index (χ2v) is 3.60. The lowest BCUT2D eigenvalue weighted by atomic mass is 10.3. The predicted octanol–water partition coefficient (Wildman–Crippen LogP) is 1.90. The molecule has 0 N–H and O–H groups in total. The first-order chi connectivity index (χ1) is 4.22. The fourth-order valence-corrected chi connectivity index (χ4v) is 1.43. The second-order valence-electron chi connectivity index (χ2n) is 1.64. The van der Waals surface area contributed by atoms with E-state index in [4.69, 9.17) is 12.2 Å². The van der Waals surface area contributed by atoms with Crippen LogP contribution in [0.15, 0.2) is 0 Å². The largest absolute Gasteiger partial charge is 0.179 e. The predicted molar refractivity (Wildman–Crippen MR) is 57.7 cm³/mol. The molecule has 0 saturated heterocycles. The Balaban J connectivity index is 3.46. The van der Waals surface area contributed by atoms with E-state index in [-0.39, 0.29) is 5.25 Å². The summed E-state index contributed by atoms with van der Waals surface area (Å²) >= 11 is 17.3. The highest BCUT2D eigenvalue weighted by Gasteiger charge is 2.04. The fourth-order valence-electron chi connectivity index (χ4n) is 0.379. The van der Waals surface area contributed by atoms with Gasteiger partial charge in [0.25, 0.3) is 0 Å². The summed E-state index contributed by atoms with van der Waals surface area (Å²) < 4.78 is 0. The van der Waals surface area contributed by atoms with Gasteiger partial charge < -0.3 is 0 Å². The van der Waals surface area contributed by atoms with E-state index in [1.165, 1.54) is 0 Å². The molecule has 0 nitrogen and oxygen atoms in total. The molecule has 1 unspecified atom stereocenters. The zero-order valence-electron chi connectivity index (χ0n) is 4.95. The number of hydrogen-bond acceptors (Lipinski definition) is 4. The molecular formula is C5H10S4. The normalized spacial score (nSPS) is 13.2. The molecule has 54 valence electrons. The number of thiocarbonyl (C=S) groups is 1. The highest BCUT2D eigenvalue weighted by Crippen LogP contribution is 2.04. The maximum Gasteiger partial charge on any atom is 0.0418 e. The van der Waals surface area contributed by atoms with Crippen molar-refractivity contribution < 1.29 is 0 Å². The van der Waals surface area contributed by atoms with Crippen LogP contribution in [0.3, 0.4) is 0 Å². The van der Waals surface area contributed by atoms with Crippen LogP contribution in [-0.2, 0) is 0 Å². The average Bonchev–Trinajstić information content (AvgIpc) is 1.87. The molecule has 0 aromatic rings. The van der Waals surface area contributed by atoms with E-state index >= 15 is 0 Å². The first-order valence-corrected chi connectivity index (χ1v) is 4.83. The molecule has 0 saturated carbocycles. The highest BCUT2D eigenvalue weighted by molar-refractivity contribution is 7.88. The van der Waals surface area contributed by atoms with Gasteiger partial charge in [0.2, 0.25) is 0 Å². The lowest BCUT2D eigenvalue weighted by molar-refractivity contribution is 1.25. The Morgan fingerprint density at radius 2 is 2.00 bits per heavy atom. The van der Waals surface area contributed by atoms with Gasteiger partial charge in [0.1, 0.15) is 0 Å². The van der Waals surface area contributed by atoms with Crippen LogP contribution in [0.4, 0.5) is 0 Å². The SMILES string of the molecule is S=C(CCS)C(S)CS. The van der Waals surface area contributed by atoms with Gasteiger partial charge in [0.15, 0.2) is 0 Å². The molecular weight excluding hydrogens is 188 g/mol. The highest BCUT2D eigenvalue weighted by atomic mass is 32.1. The van der Waals surface area contributed by atoms with E-state index in [0.29, 0.717) is 0 Å². The zero-order valence-corrected chi connectivity index (χ0v) is 8.45. The van der Waals surface area contributed by atoms with Crippen molar-refractivity contribution in [1.82, 2.24) is 0 Å². The molecule has 1 atom stereocenters. The standard InChI is InChI=1S/C5H10S4/c6-2-1-4(8)5(9)3-7/h5-7,9H,1-3H2. The Morgan fingerprint density at radius 1 is 1.44 bits per heavy atom. The zero-order chi connectivity index (χ0) is 7.28. The quantitative estimate of drug-likeness (QED) is 0.458. The summed E-state index contributed by atoms with van der Waals surface area (Å²) in [7, 11) is 0. The number of thiol groups is 3. The molecule has 0 aliphatic rings. The van der Waals surface area contributed by atoms with Crippen LogP contribution in [0.2, 0.25) is 0 Å². The maximum absolute atomic E-state index is 5.00. The first kappa shape index (κ1) is 10.1. The first-order valence-electron chi connectivity index (χ1n) is 2.65. The van der Waals surface area contributed by atoms with Gasteiger partial charge in [-0.05, 0) is 12.2 Å². The summed E-state index contributed by atoms with van der Waals surface area (Å²) in [4.78, 5) is 0.961. The van der Waals surface area contributed by atoms with Gasteiger partial charge >= 0.3 is 0 Å². The van der Waals surface area contributed by atoms with Gasteiger partial charge in [-0.2, -0.15) is 37.9 Å². The molecule has 0 fully saturated rings. The van der Waals surface area contributed by atoms with Gasteiger partial charge in [-0.25, -0.2) is 0 Å². The van der Waals surface area contributed by atoms with Crippen molar-refractivity contribution in [3.05, 3.63) is 0 Å². The summed E-state index contributed by atoms with van der Waals surface area (Å²) in [5.74, 6) is 1.53. The van der Waals surface area contributed by atoms with Gasteiger partial charge in [-0.15, -0.1) is 0 Å². The topological polar surface area (TPSA) is 0 Å². The average molecular weight is 198 g/mol. The molecule has 0 aliphatic carbocycles. The summed E-state index contributed by atoms with van der Waals surface area (Å²) in [6.45, 7) is 0. The van der Waals surface area contributed by atoms with Crippen LogP contribution in [0.1, 0.15) is 6.42 Å². The van der Waals surface area contributed by atoms with Crippen molar-refractivity contribution in [2.24, 2.45) is 0 Å². The van der Waals surface area contributed by atoms with E-state index in [1.54, 1.807) is 0 Å². The molecule has 9 heavy (non-hydrogen) atoms. The Hall–Kier alpha value is 1.14. The lowest BCUT2D eigenvalue weighted by Gasteiger charge is -2.06. The molecule has 0 aliphatic heterocycles. The van der Waals surface area contributed by atoms with Crippen molar-refractivity contribution in [3.63, 3.8) is 0 Å². The van der Waals surface area contributed by atoms with E-state index in [2.05, 4.69) is 37.9 Å². The lowest BCUT2D eigenvalue weighted by Crippen LogP contribution is -2.13. The fraction of sp³-hybridized carbons (Fsp3) is 0.800. The van der Waals surface area contributed by atoms with Crippen LogP contribution < -0.4 is 0 Å². The molecule has 0 aromatic carbocycles. The minimum absolute atomic E-state index is 0.162. The maximum atomic E-state index is 5.00. The third-order valence-electron chi connectivity index (χ3n) is 0.903. The van der Waals surface area contributed by atoms with Crippen molar-refractivity contribution >= 4 is 55.0 Å². The smallest absolute Gasteiger partial charge is 0.0418 e. The van der Waals surface area contributed by atoms with E-state index in [1.807, 2.05) is 0 Å². The van der Waals surface area contributed by atoms with E-state index in [9.17, 15) is 0 Å². The molecule has 0 rings (SSSR count). The Kier molecular flexibility index (Phi) is 6.64. The summed E-state index contributed by atoms with van der Waals surface area (Å²) in [6, 6.07) is 0. The van der Waals surface area contributed by atoms with Gasteiger partial charge in [-0.3, -0.25) is 0 Å². The van der Waals surface area contributed by atoms with Crippen LogP contribution in [0.5, 0.6) is 0 Å². The Bertz CT molecular complexity index is 91.0. The van der Waals surface area contributed by atoms with Gasteiger partial charge in [-0.1, -0.05) is 12.2 Å². The van der Waals surface area contributed by atoms with E-state index < -0.39 is 0 Å². The molecule has 0 spiro atoms. The molecule has 0 amide bonds. The molecule has 0 bridgehead atoms. The minimum Gasteiger partial charge on any atom is -0.179 e. The monoisotopic (exact) mass is 198 g/mol. The summed E-state index contributed by atoms with van der Waals surface area (Å²) in [5.41, 5.74) is 0. The van der Waals surface area contributed by atoms with Crippen LogP contribution in [0, 0.1) is 0 Å². The number of rotatable bonds is 4. The third-order valence-corrected chi connectivity index (χ3v) is 2.94. The minimum atomic E-state index is 0.162. The molecule has 0 heterocycles. The Labute approximate surface area is 78.0 Å². The number of hydrogen-bond donors (Lipinski definition) is 3. The third kappa shape index (κ3) is 4.53. The van der Waals surface area contributed by atoms with Crippen molar-refractivity contribution in [3.8, 4) is 0 Å². The molecule has 0 radical (unpaired) electrons. The van der Waals surface area contributed by atoms with Crippen molar-refractivity contribution in [2.45, 2.75) is 11.7 Å². The Morgan fingerprint density at radius 3 is 2.33 bits per heavy atom. The van der Waals surface area contributed by atoms with Gasteiger partial charge in [0, 0.05) is 15.9 Å².